The summed E-state index contributed by atoms with van der Waals surface area (Å²) in [5.41, 5.74) is 0. The minimum Gasteiger partial charge on any atom is -0.374 e. The number of nitriles is 1. The summed E-state index contributed by atoms with van der Waals surface area (Å²) in [6.45, 7) is 6.17. The van der Waals surface area contributed by atoms with E-state index in [2.05, 4.69) is 13.0 Å². The van der Waals surface area contributed by atoms with E-state index in [0.29, 0.717) is 6.42 Å². The molecule has 2 heteroatoms. The first-order chi connectivity index (χ1) is 5.24. The maximum atomic E-state index is 8.42. The number of hydrogen-bond donors (Lipinski definition) is 0. The van der Waals surface area contributed by atoms with Gasteiger partial charge in [0, 0.05) is 0 Å². The van der Waals surface area contributed by atoms with Crippen LogP contribution in [0.1, 0.15) is 40.0 Å². The molecule has 0 aliphatic rings. The van der Waals surface area contributed by atoms with Crippen molar-refractivity contribution in [1.29, 1.82) is 5.26 Å². The normalized spacial score (nSPS) is 15.5. The lowest BCUT2D eigenvalue weighted by Crippen LogP contribution is -2.17. The van der Waals surface area contributed by atoms with Gasteiger partial charge in [-0.3, -0.25) is 0 Å². The number of ether oxygens (including phenoxy) is 1. The van der Waals surface area contributed by atoms with Gasteiger partial charge in [0.1, 0.15) is 0 Å². The summed E-state index contributed by atoms with van der Waals surface area (Å²) in [6.07, 6.45) is 2.88. The second kappa shape index (κ2) is 6.18. The van der Waals surface area contributed by atoms with Crippen LogP contribution in [-0.4, -0.2) is 12.2 Å². The van der Waals surface area contributed by atoms with E-state index in [9.17, 15) is 0 Å². The van der Waals surface area contributed by atoms with Crippen LogP contribution < -0.4 is 0 Å². The molecular weight excluding hydrogens is 138 g/mol. The summed E-state index contributed by atoms with van der Waals surface area (Å²) in [7, 11) is 0. The molecule has 0 rings (SSSR count). The third kappa shape index (κ3) is 4.80. The standard InChI is InChI=1S/C9H17NO/c1-4-8(3)11-9(5-2)6-7-10/h8-9H,4-6H2,1-3H3. The summed E-state index contributed by atoms with van der Waals surface area (Å²) in [4.78, 5) is 0. The summed E-state index contributed by atoms with van der Waals surface area (Å²) in [5.74, 6) is 0. The van der Waals surface area contributed by atoms with E-state index in [-0.39, 0.29) is 12.2 Å². The van der Waals surface area contributed by atoms with Gasteiger partial charge in [-0.1, -0.05) is 13.8 Å². The van der Waals surface area contributed by atoms with Gasteiger partial charge in [0.25, 0.3) is 0 Å². The van der Waals surface area contributed by atoms with Gasteiger partial charge in [-0.05, 0) is 19.8 Å². The highest BCUT2D eigenvalue weighted by molar-refractivity contribution is 4.75. The molecule has 64 valence electrons. The summed E-state index contributed by atoms with van der Waals surface area (Å²) in [6, 6.07) is 2.12. The Bertz CT molecular complexity index is 128. The molecule has 2 nitrogen and oxygen atoms in total. The third-order valence-corrected chi connectivity index (χ3v) is 1.77. The zero-order valence-corrected chi connectivity index (χ0v) is 7.63. The van der Waals surface area contributed by atoms with Crippen LogP contribution in [0.2, 0.25) is 0 Å². The predicted octanol–water partition coefficient (Wildman–Crippen LogP) is 2.49. The molecule has 0 radical (unpaired) electrons. The molecule has 0 heterocycles. The maximum absolute atomic E-state index is 8.42. The molecule has 11 heavy (non-hydrogen) atoms. The number of rotatable bonds is 5. The van der Waals surface area contributed by atoms with Crippen LogP contribution in [0.4, 0.5) is 0 Å². The molecule has 2 atom stereocenters. The van der Waals surface area contributed by atoms with E-state index in [1.54, 1.807) is 0 Å². The van der Waals surface area contributed by atoms with Crippen LogP contribution in [0.25, 0.3) is 0 Å². The van der Waals surface area contributed by atoms with Crippen LogP contribution in [0.3, 0.4) is 0 Å². The second-order valence-electron chi connectivity index (χ2n) is 2.75. The molecule has 0 aromatic heterocycles. The molecule has 0 amide bonds. The molecule has 0 saturated heterocycles. The van der Waals surface area contributed by atoms with Gasteiger partial charge < -0.3 is 4.74 Å². The fourth-order valence-corrected chi connectivity index (χ4v) is 0.815. The van der Waals surface area contributed by atoms with Crippen molar-refractivity contribution in [3.8, 4) is 6.07 Å². The first-order valence-electron chi connectivity index (χ1n) is 4.26. The summed E-state index contributed by atoms with van der Waals surface area (Å²) in [5, 5.41) is 8.42. The van der Waals surface area contributed by atoms with E-state index in [4.69, 9.17) is 10.00 Å². The lowest BCUT2D eigenvalue weighted by molar-refractivity contribution is -0.00271. The van der Waals surface area contributed by atoms with Crippen LogP contribution >= 0.6 is 0 Å². The minimum absolute atomic E-state index is 0.134. The Kier molecular flexibility index (Phi) is 5.87. The molecule has 0 bridgehead atoms. The van der Waals surface area contributed by atoms with Gasteiger partial charge >= 0.3 is 0 Å². The Balaban J connectivity index is 3.60. The fourth-order valence-electron chi connectivity index (χ4n) is 0.815. The van der Waals surface area contributed by atoms with Crippen LogP contribution in [-0.2, 0) is 4.74 Å². The van der Waals surface area contributed by atoms with Gasteiger partial charge in [0.05, 0.1) is 24.7 Å². The lowest BCUT2D eigenvalue weighted by Gasteiger charge is -2.17. The van der Waals surface area contributed by atoms with E-state index >= 15 is 0 Å². The molecule has 2 unspecified atom stereocenters. The largest absolute Gasteiger partial charge is 0.374 e. The molecule has 0 N–H and O–H groups in total. The quantitative estimate of drug-likeness (QED) is 0.611. The molecule has 0 aromatic rings. The topological polar surface area (TPSA) is 33.0 Å². The molecule has 0 spiro atoms. The van der Waals surface area contributed by atoms with E-state index in [1.165, 1.54) is 0 Å². The van der Waals surface area contributed by atoms with Crippen molar-refractivity contribution in [2.24, 2.45) is 0 Å². The molecule has 0 saturated carbocycles. The van der Waals surface area contributed by atoms with Gasteiger partial charge in [-0.25, -0.2) is 0 Å². The first kappa shape index (κ1) is 10.4. The predicted molar refractivity (Wildman–Crippen MR) is 45.1 cm³/mol. The first-order valence-corrected chi connectivity index (χ1v) is 4.26. The van der Waals surface area contributed by atoms with Crippen LogP contribution in [0, 0.1) is 11.3 Å². The van der Waals surface area contributed by atoms with Crippen LogP contribution in [0.15, 0.2) is 0 Å². The maximum Gasteiger partial charge on any atom is 0.0705 e. The van der Waals surface area contributed by atoms with E-state index in [0.717, 1.165) is 12.8 Å². The summed E-state index contributed by atoms with van der Waals surface area (Å²) < 4.78 is 5.57. The molecule has 0 fully saturated rings. The molecule has 0 aliphatic carbocycles. The van der Waals surface area contributed by atoms with E-state index in [1.807, 2.05) is 13.8 Å². The highest BCUT2D eigenvalue weighted by atomic mass is 16.5. The van der Waals surface area contributed by atoms with Crippen LogP contribution in [0.5, 0.6) is 0 Å². The van der Waals surface area contributed by atoms with Gasteiger partial charge in [-0.15, -0.1) is 0 Å². The highest BCUT2D eigenvalue weighted by Crippen LogP contribution is 2.08. The second-order valence-corrected chi connectivity index (χ2v) is 2.75. The third-order valence-electron chi connectivity index (χ3n) is 1.77. The monoisotopic (exact) mass is 155 g/mol. The fraction of sp³-hybridized carbons (Fsp3) is 0.889. The Hall–Kier alpha value is -0.550. The molecule has 0 aliphatic heterocycles. The SMILES string of the molecule is CCC(C)OC(CC)CC#N. The smallest absolute Gasteiger partial charge is 0.0705 e. The minimum atomic E-state index is 0.134. The Morgan fingerprint density at radius 2 is 2.00 bits per heavy atom. The molecule has 0 aromatic carbocycles. The van der Waals surface area contributed by atoms with Crippen molar-refractivity contribution in [3.05, 3.63) is 0 Å². The Morgan fingerprint density at radius 3 is 2.36 bits per heavy atom. The Labute approximate surface area is 69.2 Å². The zero-order chi connectivity index (χ0) is 8.69. The average Bonchev–Trinajstić information content (AvgIpc) is 2.03. The molecular formula is C9H17NO. The van der Waals surface area contributed by atoms with Gasteiger partial charge in [0.2, 0.25) is 0 Å². The van der Waals surface area contributed by atoms with E-state index < -0.39 is 0 Å². The number of hydrogen-bond acceptors (Lipinski definition) is 2. The van der Waals surface area contributed by atoms with Crippen molar-refractivity contribution >= 4 is 0 Å². The van der Waals surface area contributed by atoms with Crippen molar-refractivity contribution in [1.82, 2.24) is 0 Å². The van der Waals surface area contributed by atoms with Gasteiger partial charge in [-0.2, -0.15) is 5.26 Å². The lowest BCUT2D eigenvalue weighted by atomic mass is 10.2. The van der Waals surface area contributed by atoms with Gasteiger partial charge in [0.15, 0.2) is 0 Å². The number of nitrogens with zero attached hydrogens (tertiary/aromatic N) is 1. The summed E-state index contributed by atoms with van der Waals surface area (Å²) >= 11 is 0. The van der Waals surface area contributed by atoms with Crippen molar-refractivity contribution in [2.45, 2.75) is 52.2 Å². The average molecular weight is 155 g/mol. The van der Waals surface area contributed by atoms with Crippen molar-refractivity contribution in [2.75, 3.05) is 0 Å². The van der Waals surface area contributed by atoms with Crippen molar-refractivity contribution < 1.29 is 4.74 Å². The zero-order valence-electron chi connectivity index (χ0n) is 7.63. The van der Waals surface area contributed by atoms with Crippen molar-refractivity contribution in [3.63, 3.8) is 0 Å². The highest BCUT2D eigenvalue weighted by Gasteiger charge is 2.08. The Morgan fingerprint density at radius 1 is 1.36 bits per heavy atom.